The Balaban J connectivity index is 1.55. The second-order valence-corrected chi connectivity index (χ2v) is 5.69. The van der Waals surface area contributed by atoms with Crippen molar-refractivity contribution in [1.29, 1.82) is 0 Å². The van der Waals surface area contributed by atoms with Crippen LogP contribution in [-0.4, -0.2) is 30.2 Å². The summed E-state index contributed by atoms with van der Waals surface area (Å²) in [6, 6.07) is 10.6. The highest BCUT2D eigenvalue weighted by atomic mass is 16.5. The highest BCUT2D eigenvalue weighted by Gasteiger charge is 2.30. The normalized spacial score (nSPS) is 22.7. The Hall–Kier alpha value is -1.35. The van der Waals surface area contributed by atoms with E-state index in [1.54, 1.807) is 0 Å². The molecule has 1 saturated heterocycles. The van der Waals surface area contributed by atoms with E-state index in [1.807, 2.05) is 23.1 Å². The van der Waals surface area contributed by atoms with Gasteiger partial charge in [-0.3, -0.25) is 4.79 Å². The summed E-state index contributed by atoms with van der Waals surface area (Å²) in [4.78, 5) is 14.2. The Bertz CT molecular complexity index is 428. The lowest BCUT2D eigenvalue weighted by molar-refractivity contribution is -0.133. The first-order valence-electron chi connectivity index (χ1n) is 7.24. The van der Waals surface area contributed by atoms with E-state index < -0.39 is 0 Å². The summed E-state index contributed by atoms with van der Waals surface area (Å²) >= 11 is 0. The molecule has 1 aliphatic heterocycles. The molecule has 0 aromatic heterocycles. The number of hydrogen-bond donors (Lipinski definition) is 0. The second kappa shape index (κ2) is 5.74. The molecule has 0 N–H and O–H groups in total. The summed E-state index contributed by atoms with van der Waals surface area (Å²) < 4.78 is 5.49. The van der Waals surface area contributed by atoms with Crippen LogP contribution in [0.5, 0.6) is 0 Å². The first-order valence-corrected chi connectivity index (χ1v) is 7.24. The van der Waals surface area contributed by atoms with Crippen LogP contribution < -0.4 is 0 Å². The van der Waals surface area contributed by atoms with Gasteiger partial charge in [0.15, 0.2) is 0 Å². The van der Waals surface area contributed by atoms with Crippen LogP contribution in [-0.2, 0) is 16.0 Å². The molecule has 2 aliphatic rings. The van der Waals surface area contributed by atoms with Crippen molar-refractivity contribution in [3.8, 4) is 0 Å². The Morgan fingerprint density at radius 2 is 2.05 bits per heavy atom. The van der Waals surface area contributed by atoms with Crippen LogP contribution in [0.1, 0.15) is 31.2 Å². The fourth-order valence-corrected chi connectivity index (χ4v) is 2.69. The monoisotopic (exact) mass is 259 g/mol. The Morgan fingerprint density at radius 1 is 1.26 bits per heavy atom. The molecule has 2 fully saturated rings. The van der Waals surface area contributed by atoms with Crippen LogP contribution in [0.15, 0.2) is 30.3 Å². The average Bonchev–Trinajstić information content (AvgIpc) is 3.16. The zero-order chi connectivity index (χ0) is 13.1. The van der Waals surface area contributed by atoms with Gasteiger partial charge in [-0.15, -0.1) is 0 Å². The van der Waals surface area contributed by atoms with Crippen LogP contribution in [0, 0.1) is 5.92 Å². The van der Waals surface area contributed by atoms with Crippen LogP contribution in [0.2, 0.25) is 0 Å². The van der Waals surface area contributed by atoms with Crippen molar-refractivity contribution >= 4 is 5.91 Å². The van der Waals surface area contributed by atoms with E-state index in [1.165, 1.54) is 18.4 Å². The lowest BCUT2D eigenvalue weighted by Gasteiger charge is -2.22. The van der Waals surface area contributed by atoms with Gasteiger partial charge >= 0.3 is 0 Å². The predicted molar refractivity (Wildman–Crippen MR) is 73.6 cm³/mol. The third kappa shape index (κ3) is 3.35. The highest BCUT2D eigenvalue weighted by Crippen LogP contribution is 2.33. The van der Waals surface area contributed by atoms with Gasteiger partial charge in [-0.2, -0.15) is 0 Å². The summed E-state index contributed by atoms with van der Waals surface area (Å²) in [5, 5.41) is 0. The number of amides is 1. The van der Waals surface area contributed by atoms with Gasteiger partial charge in [-0.05, 0) is 24.3 Å². The molecule has 3 rings (SSSR count). The molecule has 0 radical (unpaired) electrons. The molecule has 19 heavy (non-hydrogen) atoms. The molecule has 1 atom stereocenters. The maximum absolute atomic E-state index is 12.2. The van der Waals surface area contributed by atoms with Crippen LogP contribution in [0.3, 0.4) is 0 Å². The van der Waals surface area contributed by atoms with Gasteiger partial charge in [-0.1, -0.05) is 43.2 Å². The van der Waals surface area contributed by atoms with Gasteiger partial charge in [0.25, 0.3) is 0 Å². The molecule has 3 nitrogen and oxygen atoms in total. The second-order valence-electron chi connectivity index (χ2n) is 5.69. The number of ether oxygens (including phenoxy) is 1. The molecule has 1 heterocycles. The van der Waals surface area contributed by atoms with Gasteiger partial charge in [0.05, 0.1) is 12.6 Å². The number of nitrogens with zero attached hydrogens (tertiary/aromatic N) is 1. The Kier molecular flexibility index (Phi) is 3.83. The zero-order valence-electron chi connectivity index (χ0n) is 11.3. The van der Waals surface area contributed by atoms with Gasteiger partial charge in [0, 0.05) is 6.42 Å². The molecule has 0 spiro atoms. The minimum absolute atomic E-state index is 0.217. The maximum Gasteiger partial charge on any atom is 0.224 e. The smallest absolute Gasteiger partial charge is 0.224 e. The lowest BCUT2D eigenvalue weighted by Crippen LogP contribution is -2.37. The van der Waals surface area contributed by atoms with Crippen molar-refractivity contribution in [3.05, 3.63) is 35.9 Å². The molecule has 102 valence electrons. The van der Waals surface area contributed by atoms with Crippen LogP contribution in [0.25, 0.3) is 0 Å². The summed E-state index contributed by atoms with van der Waals surface area (Å²) in [5.74, 6) is 1.09. The molecule has 1 aromatic carbocycles. The zero-order valence-corrected chi connectivity index (χ0v) is 11.3. The van der Waals surface area contributed by atoms with Crippen LogP contribution in [0.4, 0.5) is 0 Å². The molecule has 3 heteroatoms. The number of carbonyl (C=O) groups is 1. The average molecular weight is 259 g/mol. The van der Waals surface area contributed by atoms with E-state index in [0.717, 1.165) is 18.8 Å². The number of hydrogen-bond acceptors (Lipinski definition) is 2. The van der Waals surface area contributed by atoms with E-state index in [0.29, 0.717) is 19.8 Å². The molecule has 1 amide bonds. The summed E-state index contributed by atoms with van der Waals surface area (Å²) in [5.41, 5.74) is 1.28. The number of rotatable bonds is 5. The maximum atomic E-state index is 12.2. The van der Waals surface area contributed by atoms with Crippen molar-refractivity contribution < 1.29 is 9.53 Å². The highest BCUT2D eigenvalue weighted by molar-refractivity contribution is 5.76. The molecular formula is C16H21NO2. The molecule has 0 unspecified atom stereocenters. The Morgan fingerprint density at radius 3 is 2.79 bits per heavy atom. The van der Waals surface area contributed by atoms with Gasteiger partial charge in [-0.25, -0.2) is 0 Å². The third-order valence-corrected chi connectivity index (χ3v) is 4.08. The summed E-state index contributed by atoms with van der Waals surface area (Å²) in [6.07, 6.45) is 5.29. The molecule has 1 aromatic rings. The fraction of sp³-hybridized carbons (Fsp3) is 0.562. The summed E-state index contributed by atoms with van der Waals surface area (Å²) in [6.45, 7) is 1.14. The standard InChI is InChI=1S/C16H21NO2/c18-16(9-8-13-6-7-13)17-12-19-11-15(17)10-14-4-2-1-3-5-14/h1-5,13,15H,6-12H2/t15-/m0/s1. The van der Waals surface area contributed by atoms with E-state index in [9.17, 15) is 4.79 Å². The number of carbonyl (C=O) groups excluding carboxylic acids is 1. The van der Waals surface area contributed by atoms with E-state index in [4.69, 9.17) is 4.74 Å². The van der Waals surface area contributed by atoms with E-state index in [-0.39, 0.29) is 11.9 Å². The van der Waals surface area contributed by atoms with E-state index in [2.05, 4.69) is 12.1 Å². The first kappa shape index (κ1) is 12.7. The van der Waals surface area contributed by atoms with Crippen molar-refractivity contribution in [2.45, 2.75) is 38.1 Å². The van der Waals surface area contributed by atoms with Crippen molar-refractivity contribution in [2.75, 3.05) is 13.3 Å². The largest absolute Gasteiger partial charge is 0.359 e. The minimum Gasteiger partial charge on any atom is -0.359 e. The minimum atomic E-state index is 0.217. The fourth-order valence-electron chi connectivity index (χ4n) is 2.69. The van der Waals surface area contributed by atoms with Gasteiger partial charge in [0.1, 0.15) is 6.73 Å². The van der Waals surface area contributed by atoms with Crippen LogP contribution >= 0.6 is 0 Å². The quantitative estimate of drug-likeness (QED) is 0.813. The predicted octanol–water partition coefficient (Wildman–Crippen LogP) is 2.60. The molecule has 0 bridgehead atoms. The van der Waals surface area contributed by atoms with Crippen molar-refractivity contribution in [3.63, 3.8) is 0 Å². The van der Waals surface area contributed by atoms with E-state index >= 15 is 0 Å². The number of benzene rings is 1. The van der Waals surface area contributed by atoms with Gasteiger partial charge in [0.2, 0.25) is 5.91 Å². The third-order valence-electron chi connectivity index (χ3n) is 4.08. The Labute approximate surface area is 114 Å². The lowest BCUT2D eigenvalue weighted by atomic mass is 10.1. The molecule has 1 saturated carbocycles. The van der Waals surface area contributed by atoms with Crippen molar-refractivity contribution in [1.82, 2.24) is 4.90 Å². The molecule has 1 aliphatic carbocycles. The first-order chi connectivity index (χ1) is 9.33. The SMILES string of the molecule is O=C(CCC1CC1)N1COC[C@@H]1Cc1ccccc1. The topological polar surface area (TPSA) is 29.5 Å². The summed E-state index contributed by atoms with van der Waals surface area (Å²) in [7, 11) is 0. The van der Waals surface area contributed by atoms with Crippen molar-refractivity contribution in [2.24, 2.45) is 5.92 Å². The van der Waals surface area contributed by atoms with Gasteiger partial charge < -0.3 is 9.64 Å². The molecular weight excluding hydrogens is 238 g/mol.